The van der Waals surface area contributed by atoms with Crippen LogP contribution < -0.4 is 20.9 Å². The summed E-state index contributed by atoms with van der Waals surface area (Å²) in [4.78, 5) is 11.8. The molecule has 2 aliphatic rings. The molecule has 0 spiro atoms. The fourth-order valence-electron chi connectivity index (χ4n) is 4.48. The number of nitrogens with one attached hydrogen (secondary N) is 4. The molecular weight excluding hydrogens is 446 g/mol. The van der Waals surface area contributed by atoms with Crippen LogP contribution in [0.25, 0.3) is 10.2 Å². The second kappa shape index (κ2) is 10.8. The minimum Gasteiger partial charge on any atom is -0.378 e. The number of morpholine rings is 1. The van der Waals surface area contributed by atoms with Crippen LogP contribution in [0.5, 0.6) is 0 Å². The molecule has 0 radical (unpaired) electrons. The number of hydrogen-bond acceptors (Lipinski definition) is 9. The minimum atomic E-state index is 0.458. The predicted molar refractivity (Wildman–Crippen MR) is 141 cm³/mol. The summed E-state index contributed by atoms with van der Waals surface area (Å²) in [5.74, 6) is 1.37. The summed E-state index contributed by atoms with van der Waals surface area (Å²) in [6, 6.07) is 10.8. The van der Waals surface area contributed by atoms with Crippen molar-refractivity contribution >= 4 is 50.9 Å². The Labute approximate surface area is 204 Å². The van der Waals surface area contributed by atoms with Gasteiger partial charge in [0.2, 0.25) is 5.95 Å². The normalized spacial score (nSPS) is 17.5. The van der Waals surface area contributed by atoms with E-state index in [0.29, 0.717) is 17.7 Å². The third kappa shape index (κ3) is 5.48. The monoisotopic (exact) mass is 477 g/mol. The third-order valence-corrected chi connectivity index (χ3v) is 7.19. The lowest BCUT2D eigenvalue weighted by molar-refractivity contribution is 0.122. The lowest BCUT2D eigenvalue weighted by Gasteiger charge is -2.29. The zero-order valence-electron chi connectivity index (χ0n) is 19.2. The summed E-state index contributed by atoms with van der Waals surface area (Å²) in [6.45, 7) is 3.30. The molecule has 3 aromatic rings. The van der Waals surface area contributed by atoms with Gasteiger partial charge in [-0.25, -0.2) is 4.98 Å². The molecule has 0 unspecified atom stereocenters. The molecule has 1 saturated heterocycles. The molecule has 2 fully saturated rings. The summed E-state index contributed by atoms with van der Waals surface area (Å²) >= 11 is 1.66. The van der Waals surface area contributed by atoms with Crippen LogP contribution in [0.2, 0.25) is 0 Å². The second-order valence-corrected chi connectivity index (χ2v) is 9.59. The molecule has 1 saturated carbocycles. The maximum atomic E-state index is 7.88. The fourth-order valence-corrected chi connectivity index (χ4v) is 5.26. The molecular formula is C25H31N7OS. The van der Waals surface area contributed by atoms with E-state index in [1.54, 1.807) is 17.5 Å². The molecule has 8 nitrogen and oxygen atoms in total. The van der Waals surface area contributed by atoms with Gasteiger partial charge in [-0.15, -0.1) is 11.3 Å². The third-order valence-electron chi connectivity index (χ3n) is 6.28. The van der Waals surface area contributed by atoms with Crippen LogP contribution in [0.3, 0.4) is 0 Å². The second-order valence-electron chi connectivity index (χ2n) is 8.67. The van der Waals surface area contributed by atoms with E-state index in [2.05, 4.69) is 38.0 Å². The largest absolute Gasteiger partial charge is 0.378 e. The molecule has 4 N–H and O–H groups in total. The van der Waals surface area contributed by atoms with Crippen molar-refractivity contribution < 1.29 is 4.74 Å². The Balaban J connectivity index is 1.30. The molecule has 3 heterocycles. The highest BCUT2D eigenvalue weighted by Crippen LogP contribution is 2.30. The van der Waals surface area contributed by atoms with Crippen molar-refractivity contribution in [1.82, 2.24) is 9.97 Å². The number of nitrogens with zero attached hydrogens (tertiary/aromatic N) is 3. The van der Waals surface area contributed by atoms with Gasteiger partial charge in [0.25, 0.3) is 0 Å². The number of anilines is 4. The Morgan fingerprint density at radius 3 is 2.79 bits per heavy atom. The van der Waals surface area contributed by atoms with Crippen molar-refractivity contribution in [2.45, 2.75) is 38.1 Å². The average Bonchev–Trinajstić information content (AvgIpc) is 3.37. The maximum Gasteiger partial charge on any atom is 0.229 e. The van der Waals surface area contributed by atoms with E-state index in [1.807, 2.05) is 23.6 Å². The molecule has 1 aliphatic heterocycles. The first kappa shape index (κ1) is 22.6. The van der Waals surface area contributed by atoms with Crippen molar-refractivity contribution in [3.8, 4) is 0 Å². The lowest BCUT2D eigenvalue weighted by atomic mass is 9.95. The van der Waals surface area contributed by atoms with E-state index >= 15 is 0 Å². The van der Waals surface area contributed by atoms with Gasteiger partial charge in [0.1, 0.15) is 5.82 Å². The number of thiophene rings is 1. The van der Waals surface area contributed by atoms with E-state index in [-0.39, 0.29) is 0 Å². The number of allylic oxidation sites excluding steroid dienone is 1. The predicted octanol–water partition coefficient (Wildman–Crippen LogP) is 5.29. The molecule has 0 bridgehead atoms. The van der Waals surface area contributed by atoms with Crippen molar-refractivity contribution in [3.05, 3.63) is 47.6 Å². The number of rotatable bonds is 8. The Kier molecular flexibility index (Phi) is 7.21. The summed E-state index contributed by atoms with van der Waals surface area (Å²) in [7, 11) is 0. The standard InChI is InChI=1S/C25H31N7OS/c26-16-20(17-27-19-7-4-8-21(15-19)32-10-12-33-13-11-32)29-25-30-22-9-14-34-23(22)24(31-25)28-18-5-2-1-3-6-18/h4,7-9,14-18,26-27H,1-3,5-6,10-13H2,(H2,28,29,30,31)/b20-17+,26-16?. The van der Waals surface area contributed by atoms with Crippen LogP contribution in [0.15, 0.2) is 47.6 Å². The molecule has 5 rings (SSSR count). The molecule has 0 amide bonds. The maximum absolute atomic E-state index is 7.88. The SMILES string of the molecule is N=C/C(=C\Nc1cccc(N2CCOCC2)c1)Nc1nc(NC2CCCCC2)c2sccc2n1. The van der Waals surface area contributed by atoms with Gasteiger partial charge < -0.3 is 31.0 Å². The first-order chi connectivity index (χ1) is 16.8. The Hall–Kier alpha value is -3.17. The number of fused-ring (bicyclic) bond motifs is 1. The zero-order valence-corrected chi connectivity index (χ0v) is 20.0. The molecule has 0 atom stereocenters. The van der Waals surface area contributed by atoms with Crippen molar-refractivity contribution in [3.63, 3.8) is 0 Å². The molecule has 1 aliphatic carbocycles. The summed E-state index contributed by atoms with van der Waals surface area (Å²) in [5, 5.41) is 20.1. The van der Waals surface area contributed by atoms with E-state index < -0.39 is 0 Å². The summed E-state index contributed by atoms with van der Waals surface area (Å²) < 4.78 is 6.54. The fraction of sp³-hybridized carbons (Fsp3) is 0.400. The topological polar surface area (TPSA) is 98.2 Å². The molecule has 178 valence electrons. The molecule has 1 aromatic carbocycles. The van der Waals surface area contributed by atoms with Crippen LogP contribution in [-0.2, 0) is 4.74 Å². The average molecular weight is 478 g/mol. The summed E-state index contributed by atoms with van der Waals surface area (Å²) in [5.41, 5.74) is 3.61. The van der Waals surface area contributed by atoms with Crippen LogP contribution in [0.4, 0.5) is 23.1 Å². The van der Waals surface area contributed by atoms with Crippen molar-refractivity contribution in [1.29, 1.82) is 5.41 Å². The van der Waals surface area contributed by atoms with Gasteiger partial charge in [-0.1, -0.05) is 25.3 Å². The highest BCUT2D eigenvalue weighted by molar-refractivity contribution is 7.17. The highest BCUT2D eigenvalue weighted by Gasteiger charge is 2.17. The number of benzene rings is 1. The van der Waals surface area contributed by atoms with Gasteiger partial charge in [0, 0.05) is 42.9 Å². The molecule has 34 heavy (non-hydrogen) atoms. The molecule has 9 heteroatoms. The van der Waals surface area contributed by atoms with E-state index in [1.165, 1.54) is 38.3 Å². The number of hydrogen-bond donors (Lipinski definition) is 4. The van der Waals surface area contributed by atoms with Crippen LogP contribution in [0, 0.1) is 5.41 Å². The first-order valence-electron chi connectivity index (χ1n) is 12.0. The van der Waals surface area contributed by atoms with Gasteiger partial charge in [0.05, 0.1) is 29.1 Å². The van der Waals surface area contributed by atoms with Gasteiger partial charge in [-0.2, -0.15) is 4.98 Å². The molecule has 2 aromatic heterocycles. The van der Waals surface area contributed by atoms with Gasteiger partial charge in [0.15, 0.2) is 0 Å². The van der Waals surface area contributed by atoms with E-state index in [4.69, 9.17) is 15.1 Å². The Bertz CT molecular complexity index is 1150. The smallest absolute Gasteiger partial charge is 0.229 e. The number of ether oxygens (including phenoxy) is 1. The minimum absolute atomic E-state index is 0.458. The Morgan fingerprint density at radius 2 is 1.97 bits per heavy atom. The van der Waals surface area contributed by atoms with Crippen LogP contribution >= 0.6 is 11.3 Å². The number of aromatic nitrogens is 2. The van der Waals surface area contributed by atoms with Crippen LogP contribution in [0.1, 0.15) is 32.1 Å². The van der Waals surface area contributed by atoms with E-state index in [9.17, 15) is 0 Å². The van der Waals surface area contributed by atoms with E-state index in [0.717, 1.165) is 53.7 Å². The lowest BCUT2D eigenvalue weighted by Crippen LogP contribution is -2.36. The zero-order chi connectivity index (χ0) is 23.2. The highest BCUT2D eigenvalue weighted by atomic mass is 32.1. The van der Waals surface area contributed by atoms with Gasteiger partial charge in [-0.3, -0.25) is 0 Å². The van der Waals surface area contributed by atoms with Gasteiger partial charge in [-0.05, 0) is 42.5 Å². The quantitative estimate of drug-likeness (QED) is 0.327. The van der Waals surface area contributed by atoms with Crippen molar-refractivity contribution in [2.75, 3.05) is 47.2 Å². The first-order valence-corrected chi connectivity index (χ1v) is 12.9. The van der Waals surface area contributed by atoms with Crippen LogP contribution in [-0.4, -0.2) is 48.5 Å². The van der Waals surface area contributed by atoms with Gasteiger partial charge >= 0.3 is 0 Å². The summed E-state index contributed by atoms with van der Waals surface area (Å²) in [6.07, 6.45) is 9.26. The Morgan fingerprint density at radius 1 is 1.12 bits per heavy atom. The van der Waals surface area contributed by atoms with Crippen molar-refractivity contribution in [2.24, 2.45) is 0 Å².